The predicted octanol–water partition coefficient (Wildman–Crippen LogP) is 3.24. The third kappa shape index (κ3) is 3.35. The Morgan fingerprint density at radius 2 is 2.05 bits per heavy atom. The van der Waals surface area contributed by atoms with Gasteiger partial charge in [-0.1, -0.05) is 18.7 Å². The highest BCUT2D eigenvalue weighted by atomic mass is 32.2. The number of benzene rings is 1. The molecule has 1 aromatic carbocycles. The lowest BCUT2D eigenvalue weighted by atomic mass is 10.1. The van der Waals surface area contributed by atoms with Crippen LogP contribution in [0.25, 0.3) is 0 Å². The van der Waals surface area contributed by atoms with Crippen LogP contribution in [-0.2, 0) is 0 Å². The van der Waals surface area contributed by atoms with E-state index in [1.165, 1.54) is 0 Å². The van der Waals surface area contributed by atoms with Gasteiger partial charge in [-0.2, -0.15) is 0 Å². The number of hydrogen-bond acceptors (Lipinski definition) is 5. The molecule has 0 saturated heterocycles. The molecule has 1 aromatic rings. The number of aliphatic imine (C=N–C) groups is 1. The lowest BCUT2D eigenvalue weighted by Gasteiger charge is -2.24. The average molecular weight is 280 g/mol. The maximum atomic E-state index is 5.37. The molecule has 1 heterocycles. The number of anilines is 1. The first-order valence-corrected chi connectivity index (χ1v) is 7.32. The van der Waals surface area contributed by atoms with Crippen LogP contribution in [0.4, 0.5) is 5.69 Å². The van der Waals surface area contributed by atoms with Crippen molar-refractivity contribution in [2.45, 2.75) is 19.9 Å². The Kier molecular flexibility index (Phi) is 4.58. The fourth-order valence-corrected chi connectivity index (χ4v) is 2.91. The van der Waals surface area contributed by atoms with Crippen LogP contribution < -0.4 is 14.8 Å². The SMILES string of the molecule is COc1ccc(NC2=NC(C)C(C)CS2)c(OC)c1. The number of hydrogen-bond donors (Lipinski definition) is 1. The number of rotatable bonds is 3. The van der Waals surface area contributed by atoms with E-state index < -0.39 is 0 Å². The van der Waals surface area contributed by atoms with E-state index in [1.807, 2.05) is 18.2 Å². The Morgan fingerprint density at radius 3 is 2.68 bits per heavy atom. The third-order valence-electron chi connectivity index (χ3n) is 3.28. The van der Waals surface area contributed by atoms with Gasteiger partial charge in [0, 0.05) is 11.8 Å². The first kappa shape index (κ1) is 14.1. The van der Waals surface area contributed by atoms with Crippen LogP contribution in [0.1, 0.15) is 13.8 Å². The van der Waals surface area contributed by atoms with Crippen molar-refractivity contribution in [3.8, 4) is 11.5 Å². The fraction of sp³-hybridized carbons (Fsp3) is 0.500. The Labute approximate surface area is 118 Å². The van der Waals surface area contributed by atoms with Gasteiger partial charge in [0.25, 0.3) is 0 Å². The van der Waals surface area contributed by atoms with Crippen molar-refractivity contribution in [1.82, 2.24) is 0 Å². The molecule has 0 aromatic heterocycles. The summed E-state index contributed by atoms with van der Waals surface area (Å²) >= 11 is 1.75. The number of nitrogens with zero attached hydrogens (tertiary/aromatic N) is 1. The van der Waals surface area contributed by atoms with Gasteiger partial charge >= 0.3 is 0 Å². The maximum absolute atomic E-state index is 5.37. The van der Waals surface area contributed by atoms with Crippen LogP contribution in [-0.4, -0.2) is 31.2 Å². The summed E-state index contributed by atoms with van der Waals surface area (Å²) in [5.74, 6) is 3.25. The quantitative estimate of drug-likeness (QED) is 0.923. The topological polar surface area (TPSA) is 42.8 Å². The maximum Gasteiger partial charge on any atom is 0.161 e. The van der Waals surface area contributed by atoms with Crippen LogP contribution >= 0.6 is 11.8 Å². The first-order valence-electron chi connectivity index (χ1n) is 6.33. The molecule has 1 aliphatic rings. The molecular formula is C14H20N2O2S. The van der Waals surface area contributed by atoms with Gasteiger partial charge in [-0.25, -0.2) is 0 Å². The fourth-order valence-electron chi connectivity index (χ4n) is 1.78. The molecule has 2 unspecified atom stereocenters. The Hall–Kier alpha value is -1.36. The number of thioether (sulfide) groups is 1. The second kappa shape index (κ2) is 6.19. The summed E-state index contributed by atoms with van der Waals surface area (Å²) in [7, 11) is 3.30. The van der Waals surface area contributed by atoms with Crippen molar-refractivity contribution in [1.29, 1.82) is 0 Å². The van der Waals surface area contributed by atoms with Gasteiger partial charge in [0.15, 0.2) is 5.17 Å². The predicted molar refractivity (Wildman–Crippen MR) is 81.7 cm³/mol. The van der Waals surface area contributed by atoms with E-state index in [0.717, 1.165) is 28.1 Å². The molecule has 0 bridgehead atoms. The van der Waals surface area contributed by atoms with Gasteiger partial charge in [-0.3, -0.25) is 4.99 Å². The highest BCUT2D eigenvalue weighted by molar-refractivity contribution is 8.14. The van der Waals surface area contributed by atoms with E-state index in [-0.39, 0.29) is 0 Å². The standard InChI is InChI=1S/C14H20N2O2S/c1-9-8-19-14(15-10(9)2)16-12-6-5-11(17-3)7-13(12)18-4/h5-7,9-10H,8H2,1-4H3,(H,15,16). The van der Waals surface area contributed by atoms with Crippen molar-refractivity contribution < 1.29 is 9.47 Å². The largest absolute Gasteiger partial charge is 0.497 e. The van der Waals surface area contributed by atoms with Crippen LogP contribution in [0.2, 0.25) is 0 Å². The molecule has 0 fully saturated rings. The average Bonchev–Trinajstić information content (AvgIpc) is 2.43. The van der Waals surface area contributed by atoms with E-state index in [0.29, 0.717) is 12.0 Å². The van der Waals surface area contributed by atoms with E-state index in [2.05, 4.69) is 24.2 Å². The minimum absolute atomic E-state index is 0.355. The highest BCUT2D eigenvalue weighted by Gasteiger charge is 2.20. The van der Waals surface area contributed by atoms with Crippen LogP contribution in [0.15, 0.2) is 23.2 Å². The summed E-state index contributed by atoms with van der Waals surface area (Å²) in [5.41, 5.74) is 0.913. The zero-order chi connectivity index (χ0) is 13.8. The van der Waals surface area contributed by atoms with Gasteiger partial charge in [0.2, 0.25) is 0 Å². The van der Waals surface area contributed by atoms with Crippen molar-refractivity contribution in [3.63, 3.8) is 0 Å². The van der Waals surface area contributed by atoms with Crippen molar-refractivity contribution in [2.24, 2.45) is 10.9 Å². The summed E-state index contributed by atoms with van der Waals surface area (Å²) in [5, 5.41) is 4.29. The summed E-state index contributed by atoms with van der Waals surface area (Å²) < 4.78 is 10.6. The van der Waals surface area contributed by atoms with Gasteiger partial charge in [-0.05, 0) is 25.0 Å². The summed E-state index contributed by atoms with van der Waals surface area (Å²) in [6.07, 6.45) is 0. The van der Waals surface area contributed by atoms with Gasteiger partial charge in [-0.15, -0.1) is 0 Å². The first-order chi connectivity index (χ1) is 9.13. The summed E-state index contributed by atoms with van der Waals surface area (Å²) in [6.45, 7) is 4.38. The zero-order valence-electron chi connectivity index (χ0n) is 11.8. The zero-order valence-corrected chi connectivity index (χ0v) is 12.6. The van der Waals surface area contributed by atoms with E-state index in [9.17, 15) is 0 Å². The molecule has 5 heteroatoms. The number of nitrogens with one attached hydrogen (secondary N) is 1. The van der Waals surface area contributed by atoms with Gasteiger partial charge < -0.3 is 14.8 Å². The van der Waals surface area contributed by atoms with Crippen molar-refractivity contribution in [2.75, 3.05) is 25.3 Å². The monoisotopic (exact) mass is 280 g/mol. The van der Waals surface area contributed by atoms with E-state index in [4.69, 9.17) is 9.47 Å². The second-order valence-electron chi connectivity index (χ2n) is 4.65. The molecule has 104 valence electrons. The van der Waals surface area contributed by atoms with Crippen LogP contribution in [0.3, 0.4) is 0 Å². The Bertz CT molecular complexity index is 477. The Morgan fingerprint density at radius 1 is 1.26 bits per heavy atom. The highest BCUT2D eigenvalue weighted by Crippen LogP contribution is 2.31. The van der Waals surface area contributed by atoms with Crippen LogP contribution in [0, 0.1) is 5.92 Å². The number of ether oxygens (including phenoxy) is 2. The molecule has 0 aliphatic carbocycles. The third-order valence-corrected chi connectivity index (χ3v) is 4.45. The molecule has 19 heavy (non-hydrogen) atoms. The number of methoxy groups -OCH3 is 2. The minimum atomic E-state index is 0.355. The Balaban J connectivity index is 2.17. The molecule has 2 atom stereocenters. The molecule has 0 radical (unpaired) electrons. The van der Waals surface area contributed by atoms with Crippen molar-refractivity contribution >= 4 is 22.6 Å². The molecular weight excluding hydrogens is 260 g/mol. The molecule has 2 rings (SSSR count). The normalized spacial score (nSPS) is 22.6. The molecule has 1 aliphatic heterocycles. The lowest BCUT2D eigenvalue weighted by molar-refractivity contribution is 0.395. The summed E-state index contributed by atoms with van der Waals surface area (Å²) in [6, 6.07) is 6.07. The number of amidine groups is 1. The van der Waals surface area contributed by atoms with E-state index in [1.54, 1.807) is 26.0 Å². The van der Waals surface area contributed by atoms with Gasteiger partial charge in [0.1, 0.15) is 11.5 Å². The van der Waals surface area contributed by atoms with E-state index >= 15 is 0 Å². The molecule has 0 spiro atoms. The molecule has 0 saturated carbocycles. The van der Waals surface area contributed by atoms with Crippen molar-refractivity contribution in [3.05, 3.63) is 18.2 Å². The molecule has 1 N–H and O–H groups in total. The van der Waals surface area contributed by atoms with Crippen LogP contribution in [0.5, 0.6) is 11.5 Å². The summed E-state index contributed by atoms with van der Waals surface area (Å²) in [4.78, 5) is 4.66. The lowest BCUT2D eigenvalue weighted by Crippen LogP contribution is -2.25. The molecule has 0 amide bonds. The minimum Gasteiger partial charge on any atom is -0.497 e. The second-order valence-corrected chi connectivity index (χ2v) is 5.66. The molecule has 4 nitrogen and oxygen atoms in total. The smallest absolute Gasteiger partial charge is 0.161 e. The van der Waals surface area contributed by atoms with Gasteiger partial charge in [0.05, 0.1) is 25.9 Å².